The minimum absolute atomic E-state index is 0.124. The van der Waals surface area contributed by atoms with E-state index in [1.807, 2.05) is 0 Å². The van der Waals surface area contributed by atoms with Gasteiger partial charge in [-0.1, -0.05) is 13.3 Å². The second-order valence-corrected chi connectivity index (χ2v) is 7.75. The van der Waals surface area contributed by atoms with Gasteiger partial charge in [-0.15, -0.1) is 0 Å². The van der Waals surface area contributed by atoms with Crippen LogP contribution in [0.15, 0.2) is 24.0 Å². The third-order valence-electron chi connectivity index (χ3n) is 5.61. The molecule has 3 saturated heterocycles. The Morgan fingerprint density at radius 2 is 1.67 bits per heavy atom. The molecule has 1 aromatic carbocycles. The standard InChI is InChI=1S/C20H21F5O5/c1-2-3-13-5-4-12(8-26-13)18-9-27-20(28-10-18,29-11-18)19(24,25)30-14-6-15(21)17(23)16(22)7-14/h6-8,13H,2-5,9-11H2,1H3. The van der Waals surface area contributed by atoms with E-state index in [4.69, 9.17) is 18.9 Å². The molecule has 30 heavy (non-hydrogen) atoms. The summed E-state index contributed by atoms with van der Waals surface area (Å²) in [5.74, 6) is -8.95. The Bertz CT molecular complexity index is 795. The highest BCUT2D eigenvalue weighted by Crippen LogP contribution is 2.51. The molecule has 0 aliphatic carbocycles. The van der Waals surface area contributed by atoms with Crippen LogP contribution in [0.25, 0.3) is 0 Å². The first kappa shape index (κ1) is 21.3. The van der Waals surface area contributed by atoms with Crippen molar-refractivity contribution >= 4 is 0 Å². The van der Waals surface area contributed by atoms with Crippen LogP contribution in [0.1, 0.15) is 32.6 Å². The molecule has 0 saturated carbocycles. The van der Waals surface area contributed by atoms with Gasteiger partial charge in [0.25, 0.3) is 0 Å². The van der Waals surface area contributed by atoms with Crippen LogP contribution in [0.2, 0.25) is 0 Å². The van der Waals surface area contributed by atoms with E-state index in [-0.39, 0.29) is 25.9 Å². The number of fused-ring (bicyclic) bond motifs is 3. The maximum absolute atomic E-state index is 14.8. The Kier molecular flexibility index (Phi) is 5.44. The molecule has 4 aliphatic rings. The third kappa shape index (κ3) is 3.54. The van der Waals surface area contributed by atoms with Crippen LogP contribution in [0.5, 0.6) is 5.75 Å². The minimum Gasteiger partial charge on any atom is -0.498 e. The SMILES string of the molecule is CCCC1CCC(C23COC(C(F)(F)Oc4cc(F)c(F)c(F)c4)(OC2)OC3)=CO1. The summed E-state index contributed by atoms with van der Waals surface area (Å²) < 4.78 is 95.1. The van der Waals surface area contributed by atoms with E-state index < -0.39 is 40.7 Å². The summed E-state index contributed by atoms with van der Waals surface area (Å²) in [5.41, 5.74) is 0.0957. The lowest BCUT2D eigenvalue weighted by Gasteiger charge is -2.53. The van der Waals surface area contributed by atoms with E-state index >= 15 is 0 Å². The van der Waals surface area contributed by atoms with Gasteiger partial charge in [0, 0.05) is 12.1 Å². The van der Waals surface area contributed by atoms with Crippen molar-refractivity contribution in [2.45, 2.75) is 50.8 Å². The number of benzene rings is 1. The van der Waals surface area contributed by atoms with Crippen molar-refractivity contribution in [3.05, 3.63) is 41.4 Å². The molecule has 0 aromatic heterocycles. The van der Waals surface area contributed by atoms with Crippen molar-refractivity contribution in [2.75, 3.05) is 19.8 Å². The highest BCUT2D eigenvalue weighted by Gasteiger charge is 2.69. The number of alkyl halides is 2. The van der Waals surface area contributed by atoms with Gasteiger partial charge in [-0.3, -0.25) is 0 Å². The molecular formula is C20H21F5O5. The quantitative estimate of drug-likeness (QED) is 0.480. The van der Waals surface area contributed by atoms with Gasteiger partial charge in [0.2, 0.25) is 0 Å². The highest BCUT2D eigenvalue weighted by molar-refractivity contribution is 5.26. The fourth-order valence-electron chi connectivity index (χ4n) is 3.83. The second kappa shape index (κ2) is 7.65. The molecule has 1 atom stereocenters. The maximum Gasteiger partial charge on any atom is 0.484 e. The molecule has 5 nitrogen and oxygen atoms in total. The zero-order valence-corrected chi connectivity index (χ0v) is 16.2. The molecule has 0 spiro atoms. The number of hydrogen-bond donors (Lipinski definition) is 0. The molecule has 0 amide bonds. The molecule has 4 heterocycles. The highest BCUT2D eigenvalue weighted by atomic mass is 19.3. The van der Waals surface area contributed by atoms with E-state index in [0.29, 0.717) is 18.6 Å². The van der Waals surface area contributed by atoms with Crippen molar-refractivity contribution in [1.29, 1.82) is 0 Å². The molecule has 2 bridgehead atoms. The zero-order valence-electron chi connectivity index (χ0n) is 16.2. The van der Waals surface area contributed by atoms with Crippen LogP contribution in [-0.4, -0.2) is 38.0 Å². The molecule has 1 aromatic rings. The predicted molar refractivity (Wildman–Crippen MR) is 92.0 cm³/mol. The summed E-state index contributed by atoms with van der Waals surface area (Å²) in [6, 6.07) is 0.603. The molecule has 166 valence electrons. The summed E-state index contributed by atoms with van der Waals surface area (Å²) in [7, 11) is 0. The number of hydrogen-bond acceptors (Lipinski definition) is 5. The molecule has 0 N–H and O–H groups in total. The summed E-state index contributed by atoms with van der Waals surface area (Å²) >= 11 is 0. The van der Waals surface area contributed by atoms with E-state index in [1.165, 1.54) is 0 Å². The van der Waals surface area contributed by atoms with Crippen molar-refractivity contribution in [3.8, 4) is 5.75 Å². The van der Waals surface area contributed by atoms with Crippen LogP contribution >= 0.6 is 0 Å². The smallest absolute Gasteiger partial charge is 0.484 e. The first-order chi connectivity index (χ1) is 14.2. The van der Waals surface area contributed by atoms with Crippen molar-refractivity contribution in [3.63, 3.8) is 0 Å². The van der Waals surface area contributed by atoms with Crippen LogP contribution in [-0.2, 0) is 18.9 Å². The van der Waals surface area contributed by atoms with Crippen LogP contribution < -0.4 is 4.74 Å². The predicted octanol–water partition coefficient (Wildman–Crippen LogP) is 4.66. The lowest BCUT2D eigenvalue weighted by molar-refractivity contribution is -0.544. The average molecular weight is 436 g/mol. The Hall–Kier alpha value is -1.91. The van der Waals surface area contributed by atoms with E-state index in [1.54, 1.807) is 6.26 Å². The van der Waals surface area contributed by atoms with Crippen molar-refractivity contribution in [2.24, 2.45) is 5.41 Å². The van der Waals surface area contributed by atoms with Gasteiger partial charge >= 0.3 is 12.1 Å². The van der Waals surface area contributed by atoms with Gasteiger partial charge in [0.1, 0.15) is 5.75 Å². The molecule has 1 unspecified atom stereocenters. The van der Waals surface area contributed by atoms with E-state index in [9.17, 15) is 22.0 Å². The molecule has 0 radical (unpaired) electrons. The third-order valence-corrected chi connectivity index (χ3v) is 5.61. The first-order valence-electron chi connectivity index (χ1n) is 9.68. The Morgan fingerprint density at radius 3 is 2.17 bits per heavy atom. The monoisotopic (exact) mass is 436 g/mol. The molecule has 4 aliphatic heterocycles. The Morgan fingerprint density at radius 1 is 1.07 bits per heavy atom. The molecular weight excluding hydrogens is 415 g/mol. The van der Waals surface area contributed by atoms with E-state index in [2.05, 4.69) is 11.7 Å². The summed E-state index contributed by atoms with van der Waals surface area (Å²) in [6.45, 7) is 1.67. The van der Waals surface area contributed by atoms with Crippen LogP contribution in [0, 0.1) is 22.9 Å². The van der Waals surface area contributed by atoms with Gasteiger partial charge in [-0.2, -0.15) is 8.78 Å². The number of halogens is 5. The maximum atomic E-state index is 14.8. The number of rotatable bonds is 6. The summed E-state index contributed by atoms with van der Waals surface area (Å²) in [5, 5.41) is 0. The van der Waals surface area contributed by atoms with Crippen LogP contribution in [0.4, 0.5) is 22.0 Å². The Labute approximate surface area is 169 Å². The Balaban J connectivity index is 1.47. The summed E-state index contributed by atoms with van der Waals surface area (Å²) in [6.07, 6.45) is 0.920. The van der Waals surface area contributed by atoms with Gasteiger partial charge in [0.15, 0.2) is 17.5 Å². The minimum atomic E-state index is -4.26. The zero-order chi connectivity index (χ0) is 21.6. The van der Waals surface area contributed by atoms with Crippen molar-refractivity contribution < 1.29 is 45.6 Å². The second-order valence-electron chi connectivity index (χ2n) is 7.75. The van der Waals surface area contributed by atoms with E-state index in [0.717, 1.165) is 24.8 Å². The fourth-order valence-corrected chi connectivity index (χ4v) is 3.83. The van der Waals surface area contributed by atoms with Gasteiger partial charge in [-0.25, -0.2) is 13.2 Å². The summed E-state index contributed by atoms with van der Waals surface area (Å²) in [4.78, 5) is 0. The van der Waals surface area contributed by atoms with Gasteiger partial charge < -0.3 is 23.7 Å². The normalized spacial score (nSPS) is 31.3. The molecule has 10 heteroatoms. The largest absolute Gasteiger partial charge is 0.498 e. The topological polar surface area (TPSA) is 46.2 Å². The molecule has 5 rings (SSSR count). The lowest BCUT2D eigenvalue weighted by atomic mass is 9.77. The van der Waals surface area contributed by atoms with Crippen molar-refractivity contribution in [1.82, 2.24) is 0 Å². The first-order valence-corrected chi connectivity index (χ1v) is 9.68. The average Bonchev–Trinajstić information content (AvgIpc) is 2.73. The lowest BCUT2D eigenvalue weighted by Crippen LogP contribution is -2.69. The van der Waals surface area contributed by atoms with Gasteiger partial charge in [0.05, 0.1) is 37.6 Å². The van der Waals surface area contributed by atoms with Gasteiger partial charge in [-0.05, 0) is 24.8 Å². The fraction of sp³-hybridized carbons (Fsp3) is 0.600. The number of ether oxygens (including phenoxy) is 5. The van der Waals surface area contributed by atoms with Crippen LogP contribution in [0.3, 0.4) is 0 Å². The molecule has 3 fully saturated rings.